The van der Waals surface area contributed by atoms with E-state index in [1.54, 1.807) is 0 Å². The first-order chi connectivity index (χ1) is 7.42. The molecule has 2 aliphatic rings. The van der Waals surface area contributed by atoms with Crippen LogP contribution in [0, 0.1) is 0 Å². The van der Waals surface area contributed by atoms with Crippen LogP contribution in [-0.2, 0) is 14.8 Å². The predicted molar refractivity (Wildman–Crippen MR) is 57.3 cm³/mol. The SMILES string of the molecule is C[C@@H](C(=O)O)N1CCN(C2CC2)S(=O)(=O)C1. The smallest absolute Gasteiger partial charge is 0.320 e. The number of carboxylic acids is 1. The number of hydrogen-bond donors (Lipinski definition) is 1. The molecule has 16 heavy (non-hydrogen) atoms. The Morgan fingerprint density at radius 1 is 1.38 bits per heavy atom. The molecule has 6 nitrogen and oxygen atoms in total. The molecule has 7 heteroatoms. The summed E-state index contributed by atoms with van der Waals surface area (Å²) in [6.45, 7) is 2.44. The lowest BCUT2D eigenvalue weighted by Crippen LogP contribution is -2.54. The monoisotopic (exact) mass is 248 g/mol. The second-order valence-electron chi connectivity index (χ2n) is 4.41. The molecular weight excluding hydrogens is 232 g/mol. The Kier molecular flexibility index (Phi) is 2.93. The molecule has 0 unspecified atom stereocenters. The van der Waals surface area contributed by atoms with Gasteiger partial charge >= 0.3 is 5.97 Å². The molecule has 1 N–H and O–H groups in total. The molecule has 0 radical (unpaired) electrons. The fourth-order valence-corrected chi connectivity index (χ4v) is 3.89. The van der Waals surface area contributed by atoms with Crippen molar-refractivity contribution in [1.82, 2.24) is 9.21 Å². The van der Waals surface area contributed by atoms with Gasteiger partial charge in [-0.15, -0.1) is 0 Å². The fourth-order valence-electron chi connectivity index (χ4n) is 1.95. The lowest BCUT2D eigenvalue weighted by atomic mass is 10.3. The number of carboxylic acid groups (broad SMARTS) is 1. The van der Waals surface area contributed by atoms with Crippen molar-refractivity contribution in [1.29, 1.82) is 0 Å². The Bertz CT molecular complexity index is 390. The third-order valence-electron chi connectivity index (χ3n) is 3.15. The van der Waals surface area contributed by atoms with Crippen LogP contribution in [0.1, 0.15) is 19.8 Å². The molecule has 0 aromatic carbocycles. The van der Waals surface area contributed by atoms with E-state index < -0.39 is 22.0 Å². The van der Waals surface area contributed by atoms with Crippen molar-refractivity contribution in [2.24, 2.45) is 0 Å². The standard InChI is InChI=1S/C9H16N2O4S/c1-7(9(12)13)10-4-5-11(8-2-3-8)16(14,15)6-10/h7-8H,2-6H2,1H3,(H,12,13)/t7-/m0/s1. The second kappa shape index (κ2) is 3.97. The summed E-state index contributed by atoms with van der Waals surface area (Å²) in [6, 6.07) is -0.566. The molecule has 0 bridgehead atoms. The number of nitrogens with zero attached hydrogens (tertiary/aromatic N) is 2. The number of hydrogen-bond acceptors (Lipinski definition) is 4. The second-order valence-corrected chi connectivity index (χ2v) is 6.30. The van der Waals surface area contributed by atoms with Gasteiger partial charge in [-0.1, -0.05) is 0 Å². The molecule has 1 aliphatic heterocycles. The molecule has 0 spiro atoms. The van der Waals surface area contributed by atoms with Crippen LogP contribution in [0.5, 0.6) is 0 Å². The third kappa shape index (κ3) is 2.21. The van der Waals surface area contributed by atoms with E-state index in [0.29, 0.717) is 13.1 Å². The molecule has 0 aromatic heterocycles. The van der Waals surface area contributed by atoms with Crippen molar-refractivity contribution in [3.05, 3.63) is 0 Å². The minimum absolute atomic E-state index is 0.170. The number of carbonyl (C=O) groups is 1. The van der Waals surface area contributed by atoms with E-state index >= 15 is 0 Å². The highest BCUT2D eigenvalue weighted by atomic mass is 32.2. The highest BCUT2D eigenvalue weighted by molar-refractivity contribution is 7.89. The van der Waals surface area contributed by atoms with Crippen molar-refractivity contribution in [3.63, 3.8) is 0 Å². The summed E-state index contributed by atoms with van der Waals surface area (Å²) in [5.41, 5.74) is 0. The topological polar surface area (TPSA) is 77.9 Å². The Morgan fingerprint density at radius 3 is 2.44 bits per heavy atom. The van der Waals surface area contributed by atoms with Crippen LogP contribution >= 0.6 is 0 Å². The van der Waals surface area contributed by atoms with Gasteiger partial charge in [0.1, 0.15) is 11.9 Å². The highest BCUT2D eigenvalue weighted by Gasteiger charge is 2.42. The molecular formula is C9H16N2O4S. The lowest BCUT2D eigenvalue weighted by Gasteiger charge is -2.35. The van der Waals surface area contributed by atoms with E-state index in [4.69, 9.17) is 5.11 Å². The maximum absolute atomic E-state index is 11.9. The van der Waals surface area contributed by atoms with Crippen LogP contribution in [0.15, 0.2) is 0 Å². The molecule has 2 fully saturated rings. The summed E-state index contributed by atoms with van der Waals surface area (Å²) in [6.07, 6.45) is 1.88. The lowest BCUT2D eigenvalue weighted by molar-refractivity contribution is -0.142. The van der Waals surface area contributed by atoms with Crippen molar-refractivity contribution in [2.75, 3.05) is 19.0 Å². The van der Waals surface area contributed by atoms with Gasteiger partial charge in [0.25, 0.3) is 0 Å². The average molecular weight is 248 g/mol. The first-order valence-corrected chi connectivity index (χ1v) is 6.99. The van der Waals surface area contributed by atoms with E-state index in [9.17, 15) is 13.2 Å². The summed E-state index contributed by atoms with van der Waals surface area (Å²) in [5, 5.41) is 8.84. The number of aliphatic carboxylic acids is 1. The normalized spacial score (nSPS) is 28.8. The third-order valence-corrected chi connectivity index (χ3v) is 5.01. The van der Waals surface area contributed by atoms with Gasteiger partial charge in [-0.2, -0.15) is 4.31 Å². The molecule has 0 amide bonds. The molecule has 92 valence electrons. The van der Waals surface area contributed by atoms with Crippen LogP contribution in [0.4, 0.5) is 0 Å². The molecule has 1 saturated heterocycles. The highest BCUT2D eigenvalue weighted by Crippen LogP contribution is 2.31. The first-order valence-electron chi connectivity index (χ1n) is 5.38. The van der Waals surface area contributed by atoms with Crippen molar-refractivity contribution < 1.29 is 18.3 Å². The van der Waals surface area contributed by atoms with Crippen LogP contribution in [-0.4, -0.2) is 59.7 Å². The summed E-state index contributed by atoms with van der Waals surface area (Å²) < 4.78 is 25.3. The molecule has 1 heterocycles. The molecule has 0 aromatic rings. The van der Waals surface area contributed by atoms with E-state index in [0.717, 1.165) is 12.8 Å². The van der Waals surface area contributed by atoms with Crippen molar-refractivity contribution in [3.8, 4) is 0 Å². The van der Waals surface area contributed by atoms with Gasteiger partial charge in [0.2, 0.25) is 10.0 Å². The molecule has 2 rings (SSSR count). The summed E-state index contributed by atoms with van der Waals surface area (Å²) >= 11 is 0. The zero-order chi connectivity index (χ0) is 11.9. The number of rotatable bonds is 3. The summed E-state index contributed by atoms with van der Waals surface area (Å²) in [5.74, 6) is -1.15. The first kappa shape index (κ1) is 11.8. The van der Waals surface area contributed by atoms with Gasteiger partial charge in [-0.3, -0.25) is 9.69 Å². The minimum Gasteiger partial charge on any atom is -0.480 e. The largest absolute Gasteiger partial charge is 0.480 e. The Balaban J connectivity index is 2.07. The van der Waals surface area contributed by atoms with Crippen LogP contribution in [0.25, 0.3) is 0 Å². The van der Waals surface area contributed by atoms with Gasteiger partial charge in [-0.05, 0) is 19.8 Å². The van der Waals surface area contributed by atoms with Gasteiger partial charge in [0, 0.05) is 19.1 Å². The Morgan fingerprint density at radius 2 is 2.00 bits per heavy atom. The molecule has 1 aliphatic carbocycles. The number of sulfonamides is 1. The van der Waals surface area contributed by atoms with Gasteiger partial charge < -0.3 is 5.11 Å². The Labute approximate surface area is 94.9 Å². The Hall–Kier alpha value is -0.660. The van der Waals surface area contributed by atoms with E-state index in [-0.39, 0.29) is 11.9 Å². The van der Waals surface area contributed by atoms with Crippen LogP contribution in [0.2, 0.25) is 0 Å². The summed E-state index contributed by atoms with van der Waals surface area (Å²) in [7, 11) is -3.29. The maximum atomic E-state index is 11.9. The summed E-state index contributed by atoms with van der Waals surface area (Å²) in [4.78, 5) is 12.3. The average Bonchev–Trinajstić information content (AvgIpc) is 2.98. The van der Waals surface area contributed by atoms with Crippen molar-refractivity contribution >= 4 is 16.0 Å². The quantitative estimate of drug-likeness (QED) is 0.730. The van der Waals surface area contributed by atoms with E-state index in [2.05, 4.69) is 0 Å². The molecule has 1 atom stereocenters. The fraction of sp³-hybridized carbons (Fsp3) is 0.889. The van der Waals surface area contributed by atoms with E-state index in [1.807, 2.05) is 0 Å². The van der Waals surface area contributed by atoms with E-state index in [1.165, 1.54) is 16.1 Å². The maximum Gasteiger partial charge on any atom is 0.320 e. The zero-order valence-electron chi connectivity index (χ0n) is 9.16. The zero-order valence-corrected chi connectivity index (χ0v) is 9.98. The predicted octanol–water partition coefficient (Wildman–Crippen LogP) is -0.473. The minimum atomic E-state index is -3.29. The van der Waals surface area contributed by atoms with Gasteiger partial charge in [0.15, 0.2) is 0 Å². The van der Waals surface area contributed by atoms with Crippen LogP contribution in [0.3, 0.4) is 0 Å². The van der Waals surface area contributed by atoms with Gasteiger partial charge in [-0.25, -0.2) is 8.42 Å². The van der Waals surface area contributed by atoms with Crippen molar-refractivity contribution in [2.45, 2.75) is 31.8 Å². The van der Waals surface area contributed by atoms with Gasteiger partial charge in [0.05, 0.1) is 0 Å². The van der Waals surface area contributed by atoms with Crippen LogP contribution < -0.4 is 0 Å². The molecule has 1 saturated carbocycles.